The van der Waals surface area contributed by atoms with Gasteiger partial charge in [0, 0.05) is 52.2 Å². The molecule has 1 fully saturated rings. The molecule has 0 saturated carbocycles. The van der Waals surface area contributed by atoms with Crippen LogP contribution in [0.4, 0.5) is 10.5 Å². The van der Waals surface area contributed by atoms with Gasteiger partial charge in [0.15, 0.2) is 0 Å². The number of thiazole rings is 1. The SMILES string of the molecule is CCNC(=O)[C@@H](NC(=O)[C@H](C)NC[C@H](Cc1cscn1)NC(=O)c1cc(C(=O)N[C@H](C)c2ccc(Br)cc2)cc(N2CCOC2=O)c1)C(C)C. The molecule has 0 radical (unpaired) electrons. The second-order valence-corrected chi connectivity index (χ2v) is 14.0. The van der Waals surface area contributed by atoms with Crippen molar-refractivity contribution in [1.82, 2.24) is 31.6 Å². The zero-order valence-electron chi connectivity index (χ0n) is 28.7. The van der Waals surface area contributed by atoms with Gasteiger partial charge in [0.1, 0.15) is 12.6 Å². The van der Waals surface area contributed by atoms with E-state index in [2.05, 4.69) is 47.5 Å². The molecule has 1 saturated heterocycles. The average Bonchev–Trinajstić information content (AvgIpc) is 3.77. The van der Waals surface area contributed by atoms with Crippen LogP contribution in [0.25, 0.3) is 0 Å². The number of ether oxygens (including phenoxy) is 1. The number of halogens is 1. The van der Waals surface area contributed by atoms with E-state index in [9.17, 15) is 24.0 Å². The first kappa shape index (κ1) is 38.5. The van der Waals surface area contributed by atoms with Gasteiger partial charge >= 0.3 is 6.09 Å². The Morgan fingerprint density at radius 2 is 1.64 bits per heavy atom. The van der Waals surface area contributed by atoms with E-state index in [0.717, 1.165) is 15.7 Å². The molecule has 1 aliphatic heterocycles. The number of carbonyl (C=O) groups excluding carboxylic acids is 5. The minimum atomic E-state index is -0.693. The number of carbonyl (C=O) groups is 5. The van der Waals surface area contributed by atoms with Crippen LogP contribution in [0.2, 0.25) is 0 Å². The maximum atomic E-state index is 13.9. The first-order valence-electron chi connectivity index (χ1n) is 16.5. The summed E-state index contributed by atoms with van der Waals surface area (Å²) in [6, 6.07) is 9.94. The second kappa shape index (κ2) is 18.1. The fourth-order valence-electron chi connectivity index (χ4n) is 5.31. The summed E-state index contributed by atoms with van der Waals surface area (Å²) in [5.41, 5.74) is 4.06. The molecule has 0 unspecified atom stereocenters. The molecular formula is C35H44BrN7O6S. The summed E-state index contributed by atoms with van der Waals surface area (Å²) in [5.74, 6) is -1.63. The van der Waals surface area contributed by atoms with Crippen molar-refractivity contribution in [3.63, 3.8) is 0 Å². The van der Waals surface area contributed by atoms with Crippen molar-refractivity contribution >= 4 is 62.7 Å². The molecule has 1 aliphatic rings. The Kier molecular flexibility index (Phi) is 13.9. The predicted molar refractivity (Wildman–Crippen MR) is 195 cm³/mol. The lowest BCUT2D eigenvalue weighted by molar-refractivity contribution is -0.130. The minimum Gasteiger partial charge on any atom is -0.447 e. The maximum Gasteiger partial charge on any atom is 0.414 e. The Hall–Kier alpha value is -4.34. The van der Waals surface area contributed by atoms with E-state index in [1.165, 1.54) is 22.3 Å². The standard InChI is InChI=1S/C35H44BrN7O6S/c1-6-37-34(47)30(20(2)3)42-31(44)22(5)38-17-27(16-28-18-50-19-39-28)41-33(46)25-13-24(14-29(15-25)43-11-12-49-35(43)48)32(45)40-21(4)23-7-9-26(36)10-8-23/h7-10,13-15,18-22,27,30,38H,6,11-12,16-17H2,1-5H3,(H,37,47)(H,40,45)(H,41,46)(H,42,44)/t21-,22+,27+,30+/m1/s1. The third kappa shape index (κ3) is 10.6. The fourth-order valence-corrected chi connectivity index (χ4v) is 6.15. The molecule has 5 N–H and O–H groups in total. The third-order valence-electron chi connectivity index (χ3n) is 8.17. The Labute approximate surface area is 304 Å². The van der Waals surface area contributed by atoms with Gasteiger partial charge in [0.05, 0.1) is 29.8 Å². The topological polar surface area (TPSA) is 171 Å². The average molecular weight is 771 g/mol. The number of cyclic esters (lactones) is 1. The van der Waals surface area contributed by atoms with Gasteiger partial charge < -0.3 is 31.3 Å². The van der Waals surface area contributed by atoms with E-state index >= 15 is 0 Å². The number of nitrogens with zero attached hydrogens (tertiary/aromatic N) is 2. The van der Waals surface area contributed by atoms with Gasteiger partial charge in [-0.1, -0.05) is 41.9 Å². The number of amides is 5. The number of likely N-dealkylation sites (N-methyl/N-ethyl adjacent to an activating group) is 1. The van der Waals surface area contributed by atoms with Crippen molar-refractivity contribution in [1.29, 1.82) is 0 Å². The molecule has 4 rings (SSSR count). The van der Waals surface area contributed by atoms with Gasteiger partial charge in [-0.25, -0.2) is 9.78 Å². The zero-order valence-corrected chi connectivity index (χ0v) is 31.2. The smallest absolute Gasteiger partial charge is 0.414 e. The van der Waals surface area contributed by atoms with Crippen LogP contribution in [0.15, 0.2) is 57.8 Å². The van der Waals surface area contributed by atoms with Crippen LogP contribution >= 0.6 is 27.3 Å². The molecule has 5 amide bonds. The van der Waals surface area contributed by atoms with Crippen LogP contribution in [0.3, 0.4) is 0 Å². The van der Waals surface area contributed by atoms with Crippen molar-refractivity contribution in [2.75, 3.05) is 31.1 Å². The zero-order chi connectivity index (χ0) is 36.4. The van der Waals surface area contributed by atoms with Crippen LogP contribution in [0, 0.1) is 5.92 Å². The van der Waals surface area contributed by atoms with Gasteiger partial charge in [-0.3, -0.25) is 24.1 Å². The van der Waals surface area contributed by atoms with E-state index in [1.54, 1.807) is 24.6 Å². The van der Waals surface area contributed by atoms with Crippen LogP contribution in [-0.2, 0) is 20.7 Å². The van der Waals surface area contributed by atoms with E-state index in [1.807, 2.05) is 57.3 Å². The molecule has 0 aliphatic carbocycles. The molecule has 2 heterocycles. The van der Waals surface area contributed by atoms with Gasteiger partial charge in [0.2, 0.25) is 11.8 Å². The number of hydrogen-bond donors (Lipinski definition) is 5. The number of nitrogens with one attached hydrogen (secondary N) is 5. The molecule has 50 heavy (non-hydrogen) atoms. The van der Waals surface area contributed by atoms with E-state index in [4.69, 9.17) is 4.74 Å². The molecule has 0 bridgehead atoms. The van der Waals surface area contributed by atoms with Crippen molar-refractivity contribution < 1.29 is 28.7 Å². The van der Waals surface area contributed by atoms with Crippen molar-refractivity contribution in [2.24, 2.45) is 5.92 Å². The summed E-state index contributed by atoms with van der Waals surface area (Å²) in [4.78, 5) is 71.2. The first-order chi connectivity index (χ1) is 23.9. The lowest BCUT2D eigenvalue weighted by atomic mass is 10.0. The molecule has 1 aromatic heterocycles. The van der Waals surface area contributed by atoms with Crippen molar-refractivity contribution in [3.05, 3.63) is 80.2 Å². The summed E-state index contributed by atoms with van der Waals surface area (Å²) in [7, 11) is 0. The summed E-state index contributed by atoms with van der Waals surface area (Å²) in [6.45, 7) is 10.2. The largest absolute Gasteiger partial charge is 0.447 e. The highest BCUT2D eigenvalue weighted by atomic mass is 79.9. The highest BCUT2D eigenvalue weighted by molar-refractivity contribution is 9.10. The Morgan fingerprint density at radius 1 is 0.960 bits per heavy atom. The monoisotopic (exact) mass is 769 g/mol. The van der Waals surface area contributed by atoms with Crippen molar-refractivity contribution in [2.45, 2.75) is 65.2 Å². The summed E-state index contributed by atoms with van der Waals surface area (Å²) in [5, 5.41) is 16.6. The highest BCUT2D eigenvalue weighted by Gasteiger charge is 2.28. The summed E-state index contributed by atoms with van der Waals surface area (Å²) >= 11 is 4.85. The van der Waals surface area contributed by atoms with Crippen LogP contribution < -0.4 is 31.5 Å². The van der Waals surface area contributed by atoms with E-state index in [0.29, 0.717) is 18.7 Å². The normalized spacial score (nSPS) is 15.1. The molecule has 3 aromatic rings. The summed E-state index contributed by atoms with van der Waals surface area (Å²) < 4.78 is 6.04. The third-order valence-corrected chi connectivity index (χ3v) is 9.33. The van der Waals surface area contributed by atoms with E-state index < -0.39 is 36.0 Å². The minimum absolute atomic E-state index is 0.122. The van der Waals surface area contributed by atoms with Gasteiger partial charge in [0.25, 0.3) is 11.8 Å². The molecule has 268 valence electrons. The van der Waals surface area contributed by atoms with Gasteiger partial charge in [-0.15, -0.1) is 11.3 Å². The molecule has 2 aromatic carbocycles. The van der Waals surface area contributed by atoms with Gasteiger partial charge in [-0.2, -0.15) is 0 Å². The van der Waals surface area contributed by atoms with E-state index in [-0.39, 0.29) is 54.6 Å². The maximum absolute atomic E-state index is 13.9. The molecular weight excluding hydrogens is 726 g/mol. The molecule has 15 heteroatoms. The Morgan fingerprint density at radius 3 is 2.22 bits per heavy atom. The fraction of sp³-hybridized carbons (Fsp3) is 0.429. The first-order valence-corrected chi connectivity index (χ1v) is 18.2. The number of anilines is 1. The predicted octanol–water partition coefficient (Wildman–Crippen LogP) is 3.95. The Balaban J connectivity index is 1.53. The number of benzene rings is 2. The number of rotatable bonds is 16. The number of aromatic nitrogens is 1. The molecule has 4 atom stereocenters. The lowest BCUT2D eigenvalue weighted by Crippen LogP contribution is -2.55. The van der Waals surface area contributed by atoms with Crippen molar-refractivity contribution in [3.8, 4) is 0 Å². The lowest BCUT2D eigenvalue weighted by Gasteiger charge is -2.25. The molecule has 0 spiro atoms. The van der Waals surface area contributed by atoms with Crippen LogP contribution in [0.5, 0.6) is 0 Å². The summed E-state index contributed by atoms with van der Waals surface area (Å²) in [6.07, 6.45) is -0.206. The second-order valence-electron chi connectivity index (χ2n) is 12.4. The Bertz CT molecular complexity index is 1650. The van der Waals surface area contributed by atoms with Crippen LogP contribution in [0.1, 0.15) is 72.6 Å². The van der Waals surface area contributed by atoms with Crippen LogP contribution in [-0.4, -0.2) is 79.1 Å². The van der Waals surface area contributed by atoms with Gasteiger partial charge in [-0.05, 0) is 62.6 Å². The number of hydrogen-bond acceptors (Lipinski definition) is 9. The quantitative estimate of drug-likeness (QED) is 0.146. The molecule has 13 nitrogen and oxygen atoms in total. The highest BCUT2D eigenvalue weighted by Crippen LogP contribution is 2.24.